The van der Waals surface area contributed by atoms with E-state index in [0.29, 0.717) is 6.54 Å². The molecule has 1 aromatic heterocycles. The van der Waals surface area contributed by atoms with Crippen molar-refractivity contribution < 1.29 is 9.90 Å². The SMILES string of the molecule is C[C@@H]1CN(Cc2ccc(Cl)s2)C[C@H]1C(=O)O. The molecule has 1 fully saturated rings. The second-order valence-corrected chi connectivity index (χ2v) is 6.12. The van der Waals surface area contributed by atoms with E-state index < -0.39 is 5.97 Å². The van der Waals surface area contributed by atoms with E-state index in [2.05, 4.69) is 4.90 Å². The summed E-state index contributed by atoms with van der Waals surface area (Å²) in [5, 5.41) is 9.03. The minimum absolute atomic E-state index is 0.226. The molecule has 2 rings (SSSR count). The largest absolute Gasteiger partial charge is 0.481 e. The van der Waals surface area contributed by atoms with Gasteiger partial charge in [0.25, 0.3) is 0 Å². The zero-order valence-corrected chi connectivity index (χ0v) is 10.6. The second kappa shape index (κ2) is 4.73. The van der Waals surface area contributed by atoms with Gasteiger partial charge in [-0.2, -0.15) is 0 Å². The van der Waals surface area contributed by atoms with E-state index in [-0.39, 0.29) is 11.8 Å². The van der Waals surface area contributed by atoms with Gasteiger partial charge in [-0.05, 0) is 18.1 Å². The number of thiophene rings is 1. The van der Waals surface area contributed by atoms with Crippen LogP contribution < -0.4 is 0 Å². The normalized spacial score (nSPS) is 26.1. The average molecular weight is 260 g/mol. The van der Waals surface area contributed by atoms with Crippen molar-refractivity contribution in [3.63, 3.8) is 0 Å². The number of carboxylic acids is 1. The molecule has 1 aliphatic rings. The van der Waals surface area contributed by atoms with Gasteiger partial charge in [-0.1, -0.05) is 18.5 Å². The fourth-order valence-electron chi connectivity index (χ4n) is 2.17. The van der Waals surface area contributed by atoms with Crippen molar-refractivity contribution in [1.29, 1.82) is 0 Å². The lowest BCUT2D eigenvalue weighted by atomic mass is 9.99. The fraction of sp³-hybridized carbons (Fsp3) is 0.545. The third kappa shape index (κ3) is 2.56. The Kier molecular flexibility index (Phi) is 3.52. The number of aliphatic carboxylic acids is 1. The second-order valence-electron chi connectivity index (χ2n) is 4.32. The molecule has 0 aromatic carbocycles. The first-order valence-electron chi connectivity index (χ1n) is 5.25. The van der Waals surface area contributed by atoms with E-state index in [1.807, 2.05) is 19.1 Å². The molecule has 2 atom stereocenters. The molecule has 0 spiro atoms. The predicted molar refractivity (Wildman–Crippen MR) is 64.9 cm³/mol. The van der Waals surface area contributed by atoms with Crippen LogP contribution >= 0.6 is 22.9 Å². The van der Waals surface area contributed by atoms with Crippen molar-refractivity contribution in [3.8, 4) is 0 Å². The summed E-state index contributed by atoms with van der Waals surface area (Å²) in [6.45, 7) is 4.31. The van der Waals surface area contributed by atoms with E-state index in [4.69, 9.17) is 16.7 Å². The molecule has 16 heavy (non-hydrogen) atoms. The summed E-state index contributed by atoms with van der Waals surface area (Å²) in [7, 11) is 0. The van der Waals surface area contributed by atoms with Crippen molar-refractivity contribution in [2.75, 3.05) is 13.1 Å². The molecule has 88 valence electrons. The molecule has 1 N–H and O–H groups in total. The van der Waals surface area contributed by atoms with Crippen molar-refractivity contribution in [2.24, 2.45) is 11.8 Å². The Morgan fingerprint density at radius 1 is 1.62 bits per heavy atom. The minimum atomic E-state index is -0.681. The summed E-state index contributed by atoms with van der Waals surface area (Å²) < 4.78 is 0.789. The van der Waals surface area contributed by atoms with Crippen molar-refractivity contribution >= 4 is 28.9 Å². The maximum Gasteiger partial charge on any atom is 0.308 e. The molecule has 0 amide bonds. The third-order valence-electron chi connectivity index (χ3n) is 3.01. The highest BCUT2D eigenvalue weighted by Gasteiger charge is 2.34. The standard InChI is InChI=1S/C11H14ClNO2S/c1-7-4-13(6-9(7)11(14)15)5-8-2-3-10(12)16-8/h2-3,7,9H,4-6H2,1H3,(H,14,15)/t7-,9-/m1/s1. The molecule has 5 heteroatoms. The summed E-state index contributed by atoms with van der Waals surface area (Å²) >= 11 is 7.42. The Morgan fingerprint density at radius 3 is 2.88 bits per heavy atom. The molecule has 0 aliphatic carbocycles. The van der Waals surface area contributed by atoms with Crippen molar-refractivity contribution in [2.45, 2.75) is 13.5 Å². The monoisotopic (exact) mass is 259 g/mol. The topological polar surface area (TPSA) is 40.5 Å². The molecular formula is C11H14ClNO2S. The number of likely N-dealkylation sites (tertiary alicyclic amines) is 1. The lowest BCUT2D eigenvalue weighted by molar-refractivity contribution is -0.142. The van der Waals surface area contributed by atoms with Crippen molar-refractivity contribution in [3.05, 3.63) is 21.3 Å². The third-order valence-corrected chi connectivity index (χ3v) is 4.23. The van der Waals surface area contributed by atoms with Crippen LogP contribution in [-0.4, -0.2) is 29.1 Å². The smallest absolute Gasteiger partial charge is 0.308 e. The summed E-state index contributed by atoms with van der Waals surface area (Å²) in [5.74, 6) is -0.678. The Bertz CT molecular complexity index is 393. The van der Waals surface area contributed by atoms with E-state index in [1.54, 1.807) is 11.3 Å². The van der Waals surface area contributed by atoms with E-state index in [9.17, 15) is 4.79 Å². The fourth-order valence-corrected chi connectivity index (χ4v) is 3.30. The zero-order chi connectivity index (χ0) is 11.7. The van der Waals surface area contributed by atoms with Crippen LogP contribution in [0.25, 0.3) is 0 Å². The summed E-state index contributed by atoms with van der Waals surface area (Å²) in [5.41, 5.74) is 0. The first-order valence-corrected chi connectivity index (χ1v) is 6.45. The molecule has 1 aromatic rings. The number of nitrogens with zero attached hydrogens (tertiary/aromatic N) is 1. The summed E-state index contributed by atoms with van der Waals surface area (Å²) in [6, 6.07) is 3.89. The first-order chi connectivity index (χ1) is 7.56. The van der Waals surface area contributed by atoms with Gasteiger partial charge in [0.05, 0.1) is 10.3 Å². The van der Waals surface area contributed by atoms with E-state index >= 15 is 0 Å². The lowest BCUT2D eigenvalue weighted by Crippen LogP contribution is -2.22. The van der Waals surface area contributed by atoms with E-state index in [1.165, 1.54) is 4.88 Å². The van der Waals surface area contributed by atoms with Gasteiger partial charge in [0.2, 0.25) is 0 Å². The van der Waals surface area contributed by atoms with Crippen LogP contribution in [0.4, 0.5) is 0 Å². The molecule has 0 bridgehead atoms. The highest BCUT2D eigenvalue weighted by molar-refractivity contribution is 7.16. The van der Waals surface area contributed by atoms with Gasteiger partial charge < -0.3 is 5.11 Å². The maximum absolute atomic E-state index is 11.0. The van der Waals surface area contributed by atoms with Gasteiger partial charge in [-0.15, -0.1) is 11.3 Å². The first kappa shape index (κ1) is 11.9. The Balaban J connectivity index is 1.96. The van der Waals surface area contributed by atoms with Gasteiger partial charge in [0.1, 0.15) is 0 Å². The minimum Gasteiger partial charge on any atom is -0.481 e. The van der Waals surface area contributed by atoms with Gasteiger partial charge in [0.15, 0.2) is 0 Å². The van der Waals surface area contributed by atoms with Crippen molar-refractivity contribution in [1.82, 2.24) is 4.90 Å². The molecule has 0 unspecified atom stereocenters. The predicted octanol–water partition coefficient (Wildman–Crippen LogP) is 2.55. The van der Waals surface area contributed by atoms with Gasteiger partial charge in [-0.25, -0.2) is 0 Å². The zero-order valence-electron chi connectivity index (χ0n) is 9.02. The quantitative estimate of drug-likeness (QED) is 0.907. The van der Waals surface area contributed by atoms with Crippen LogP contribution in [-0.2, 0) is 11.3 Å². The maximum atomic E-state index is 11.0. The van der Waals surface area contributed by atoms with Crippen LogP contribution in [0.15, 0.2) is 12.1 Å². The number of hydrogen-bond donors (Lipinski definition) is 1. The highest BCUT2D eigenvalue weighted by atomic mass is 35.5. The molecule has 1 aliphatic heterocycles. The van der Waals surface area contributed by atoms with E-state index in [0.717, 1.165) is 17.4 Å². The number of carboxylic acid groups (broad SMARTS) is 1. The van der Waals surface area contributed by atoms with Crippen LogP contribution in [0.1, 0.15) is 11.8 Å². The lowest BCUT2D eigenvalue weighted by Gasteiger charge is -2.13. The summed E-state index contributed by atoms with van der Waals surface area (Å²) in [6.07, 6.45) is 0. The van der Waals surface area contributed by atoms with Crippen LogP contribution in [0.2, 0.25) is 4.34 Å². The molecular weight excluding hydrogens is 246 g/mol. The number of carbonyl (C=O) groups is 1. The number of halogens is 1. The summed E-state index contributed by atoms with van der Waals surface area (Å²) in [4.78, 5) is 14.4. The van der Waals surface area contributed by atoms with Gasteiger partial charge in [-0.3, -0.25) is 9.69 Å². The molecule has 3 nitrogen and oxygen atoms in total. The Hall–Kier alpha value is -0.580. The van der Waals surface area contributed by atoms with Gasteiger partial charge in [0, 0.05) is 24.5 Å². The molecule has 0 saturated carbocycles. The highest BCUT2D eigenvalue weighted by Crippen LogP contribution is 2.28. The molecule has 1 saturated heterocycles. The molecule has 0 radical (unpaired) electrons. The number of hydrogen-bond acceptors (Lipinski definition) is 3. The van der Waals surface area contributed by atoms with Crippen LogP contribution in [0.3, 0.4) is 0 Å². The Labute approximate surface area is 104 Å². The number of rotatable bonds is 3. The van der Waals surface area contributed by atoms with Crippen LogP contribution in [0.5, 0.6) is 0 Å². The average Bonchev–Trinajstić information content (AvgIpc) is 2.73. The van der Waals surface area contributed by atoms with Gasteiger partial charge >= 0.3 is 5.97 Å². The van der Waals surface area contributed by atoms with Crippen LogP contribution in [0, 0.1) is 11.8 Å². The Morgan fingerprint density at radius 2 is 2.38 bits per heavy atom. The molecule has 2 heterocycles.